The number of para-hydroxylation sites is 1. The quantitative estimate of drug-likeness (QED) is 0.725. The molecule has 2 aromatic carbocycles. The fraction of sp³-hybridized carbons (Fsp3) is 0.238. The Morgan fingerprint density at radius 2 is 2.00 bits per heavy atom. The first kappa shape index (κ1) is 17.6. The molecule has 1 aliphatic rings. The highest BCUT2D eigenvalue weighted by Gasteiger charge is 2.22. The molecule has 0 saturated carbocycles. The summed E-state index contributed by atoms with van der Waals surface area (Å²) in [7, 11) is 0. The predicted molar refractivity (Wildman–Crippen MR) is 105 cm³/mol. The number of benzene rings is 2. The molecular weight excluding hydrogens is 364 g/mol. The number of nitrogens with zero attached hydrogens (tertiary/aromatic N) is 1. The van der Waals surface area contributed by atoms with Crippen LogP contribution in [0, 0.1) is 6.92 Å². The van der Waals surface area contributed by atoms with Crippen LogP contribution in [-0.2, 0) is 11.3 Å². The van der Waals surface area contributed by atoms with E-state index in [1.54, 1.807) is 11.0 Å². The molecule has 27 heavy (non-hydrogen) atoms. The zero-order valence-electron chi connectivity index (χ0n) is 14.9. The summed E-state index contributed by atoms with van der Waals surface area (Å²) < 4.78 is 5.69. The number of carbonyl (C=O) groups is 2. The van der Waals surface area contributed by atoms with E-state index in [0.29, 0.717) is 23.6 Å². The summed E-state index contributed by atoms with van der Waals surface area (Å²) in [6.45, 7) is 2.99. The lowest BCUT2D eigenvalue weighted by molar-refractivity contribution is -0.117. The molecule has 5 nitrogen and oxygen atoms in total. The predicted octanol–water partition coefficient (Wildman–Crippen LogP) is 4.45. The molecular formula is C21H19ClN2O3. The molecule has 0 bridgehead atoms. The summed E-state index contributed by atoms with van der Waals surface area (Å²) >= 11 is 6.15. The van der Waals surface area contributed by atoms with Crippen molar-refractivity contribution in [3.05, 3.63) is 64.4 Å². The number of rotatable bonds is 4. The minimum absolute atomic E-state index is 0.162. The van der Waals surface area contributed by atoms with E-state index in [0.717, 1.165) is 35.2 Å². The molecule has 0 atom stereocenters. The second-order valence-corrected chi connectivity index (χ2v) is 7.08. The van der Waals surface area contributed by atoms with Gasteiger partial charge in [0.2, 0.25) is 5.91 Å². The first-order valence-corrected chi connectivity index (χ1v) is 9.27. The van der Waals surface area contributed by atoms with Gasteiger partial charge in [-0.15, -0.1) is 0 Å². The Kier molecular flexibility index (Phi) is 4.62. The van der Waals surface area contributed by atoms with E-state index in [1.165, 1.54) is 0 Å². The van der Waals surface area contributed by atoms with Gasteiger partial charge in [-0.25, -0.2) is 0 Å². The molecule has 0 aliphatic carbocycles. The van der Waals surface area contributed by atoms with E-state index in [9.17, 15) is 9.59 Å². The molecule has 1 fully saturated rings. The molecule has 2 heterocycles. The lowest BCUT2D eigenvalue weighted by Gasteiger charge is -2.16. The number of anilines is 1. The number of nitrogens with one attached hydrogen (secondary N) is 1. The number of halogens is 1. The minimum atomic E-state index is -0.279. The number of aryl methyl sites for hydroxylation is 1. The van der Waals surface area contributed by atoms with Gasteiger partial charge < -0.3 is 14.6 Å². The second kappa shape index (κ2) is 7.08. The van der Waals surface area contributed by atoms with Gasteiger partial charge in [0.25, 0.3) is 5.91 Å². The molecule has 0 spiro atoms. The van der Waals surface area contributed by atoms with E-state index >= 15 is 0 Å². The topological polar surface area (TPSA) is 62.6 Å². The molecule has 1 N–H and O–H groups in total. The van der Waals surface area contributed by atoms with Crippen LogP contribution in [0.5, 0.6) is 0 Å². The Labute approximate surface area is 161 Å². The number of hydrogen-bond donors (Lipinski definition) is 1. The Hall–Kier alpha value is -2.79. The van der Waals surface area contributed by atoms with Crippen LogP contribution in [-0.4, -0.2) is 18.4 Å². The van der Waals surface area contributed by atoms with Crippen LogP contribution in [0.3, 0.4) is 0 Å². The van der Waals surface area contributed by atoms with Gasteiger partial charge in [0.1, 0.15) is 0 Å². The van der Waals surface area contributed by atoms with E-state index in [-0.39, 0.29) is 17.6 Å². The summed E-state index contributed by atoms with van der Waals surface area (Å²) in [5.74, 6) is 0.158. The van der Waals surface area contributed by atoms with E-state index in [2.05, 4.69) is 5.32 Å². The fourth-order valence-electron chi connectivity index (χ4n) is 3.40. The first-order chi connectivity index (χ1) is 13.0. The van der Waals surface area contributed by atoms with Crippen LogP contribution >= 0.6 is 11.6 Å². The van der Waals surface area contributed by atoms with Crippen molar-refractivity contribution in [1.82, 2.24) is 5.32 Å². The Morgan fingerprint density at radius 3 is 2.67 bits per heavy atom. The van der Waals surface area contributed by atoms with Gasteiger partial charge in [-0.3, -0.25) is 9.59 Å². The number of fused-ring (bicyclic) bond motifs is 1. The van der Waals surface area contributed by atoms with Crippen molar-refractivity contribution < 1.29 is 14.0 Å². The normalized spacial score (nSPS) is 14.1. The summed E-state index contributed by atoms with van der Waals surface area (Å²) in [4.78, 5) is 26.1. The van der Waals surface area contributed by atoms with Crippen molar-refractivity contribution in [1.29, 1.82) is 0 Å². The fourth-order valence-corrected chi connectivity index (χ4v) is 3.62. The van der Waals surface area contributed by atoms with Crippen molar-refractivity contribution in [2.75, 3.05) is 11.4 Å². The molecule has 0 unspecified atom stereocenters. The summed E-state index contributed by atoms with van der Waals surface area (Å²) in [5.41, 5.74) is 3.15. The third-order valence-electron chi connectivity index (χ3n) is 4.90. The van der Waals surface area contributed by atoms with Gasteiger partial charge in [0.05, 0.1) is 5.02 Å². The summed E-state index contributed by atoms with van der Waals surface area (Å²) in [6.07, 6.45) is 1.51. The van der Waals surface area contributed by atoms with Crippen LogP contribution in [0.15, 0.2) is 46.9 Å². The van der Waals surface area contributed by atoms with Gasteiger partial charge >= 0.3 is 0 Å². The molecule has 2 amide bonds. The van der Waals surface area contributed by atoms with Crippen LogP contribution in [0.25, 0.3) is 11.0 Å². The molecule has 6 heteroatoms. The van der Waals surface area contributed by atoms with Crippen LogP contribution in [0.1, 0.15) is 34.5 Å². The van der Waals surface area contributed by atoms with Gasteiger partial charge in [-0.2, -0.15) is 0 Å². The molecule has 0 radical (unpaired) electrons. The number of carbonyl (C=O) groups excluding carboxylic acids is 2. The van der Waals surface area contributed by atoms with Crippen molar-refractivity contribution in [2.24, 2.45) is 0 Å². The zero-order chi connectivity index (χ0) is 19.0. The van der Waals surface area contributed by atoms with E-state index < -0.39 is 0 Å². The minimum Gasteiger partial charge on any atom is -0.449 e. The maximum Gasteiger partial charge on any atom is 0.287 e. The van der Waals surface area contributed by atoms with Gasteiger partial charge in [0.15, 0.2) is 11.3 Å². The second-order valence-electron chi connectivity index (χ2n) is 6.67. The summed E-state index contributed by atoms with van der Waals surface area (Å²) in [5, 5.41) is 4.21. The Balaban J connectivity index is 1.46. The number of hydrogen-bond acceptors (Lipinski definition) is 3. The highest BCUT2D eigenvalue weighted by Crippen LogP contribution is 2.30. The number of furan rings is 1. The Bertz CT molecular complexity index is 1020. The van der Waals surface area contributed by atoms with E-state index in [1.807, 2.05) is 43.3 Å². The van der Waals surface area contributed by atoms with Crippen molar-refractivity contribution >= 4 is 40.1 Å². The molecule has 3 aromatic rings. The maximum atomic E-state index is 12.5. The maximum absolute atomic E-state index is 12.5. The van der Waals surface area contributed by atoms with Crippen LogP contribution in [0.2, 0.25) is 5.02 Å². The largest absolute Gasteiger partial charge is 0.449 e. The standard InChI is InChI=1S/C21H19ClN2O3/c1-13-16-4-2-5-17(22)20(16)27-19(13)21(26)23-12-14-7-9-15(10-8-14)24-11-3-6-18(24)25/h2,4-5,7-10H,3,6,11-12H2,1H3,(H,23,26). The average Bonchev–Trinajstić information content (AvgIpc) is 3.25. The monoisotopic (exact) mass is 382 g/mol. The Morgan fingerprint density at radius 1 is 1.22 bits per heavy atom. The lowest BCUT2D eigenvalue weighted by atomic mass is 10.1. The number of amides is 2. The zero-order valence-corrected chi connectivity index (χ0v) is 15.7. The molecule has 1 saturated heterocycles. The third kappa shape index (κ3) is 3.30. The SMILES string of the molecule is Cc1c(C(=O)NCc2ccc(N3CCCC3=O)cc2)oc2c(Cl)cccc12. The van der Waals surface area contributed by atoms with Gasteiger partial charge in [-0.05, 0) is 37.1 Å². The highest BCUT2D eigenvalue weighted by molar-refractivity contribution is 6.35. The van der Waals surface area contributed by atoms with Crippen LogP contribution < -0.4 is 10.2 Å². The summed E-state index contributed by atoms with van der Waals surface area (Å²) in [6, 6.07) is 13.1. The van der Waals surface area contributed by atoms with Crippen molar-refractivity contribution in [3.63, 3.8) is 0 Å². The van der Waals surface area contributed by atoms with Gasteiger partial charge in [0, 0.05) is 36.1 Å². The molecule has 4 rings (SSSR count). The van der Waals surface area contributed by atoms with Gasteiger partial charge in [-0.1, -0.05) is 35.9 Å². The average molecular weight is 383 g/mol. The third-order valence-corrected chi connectivity index (χ3v) is 5.19. The first-order valence-electron chi connectivity index (χ1n) is 8.89. The smallest absolute Gasteiger partial charge is 0.287 e. The van der Waals surface area contributed by atoms with E-state index in [4.69, 9.17) is 16.0 Å². The molecule has 1 aromatic heterocycles. The van der Waals surface area contributed by atoms with Crippen LogP contribution in [0.4, 0.5) is 5.69 Å². The molecule has 138 valence electrons. The molecule has 1 aliphatic heterocycles. The lowest BCUT2D eigenvalue weighted by Crippen LogP contribution is -2.24. The van der Waals surface area contributed by atoms with Crippen molar-refractivity contribution in [3.8, 4) is 0 Å². The highest BCUT2D eigenvalue weighted by atomic mass is 35.5. The van der Waals surface area contributed by atoms with Crippen molar-refractivity contribution in [2.45, 2.75) is 26.3 Å².